The van der Waals surface area contributed by atoms with E-state index in [0.717, 1.165) is 36.9 Å². The molecule has 1 heteroatoms. The molecule has 1 nitrogen and oxygen atoms in total. The highest BCUT2D eigenvalue weighted by Gasteiger charge is 2.41. The normalized spacial score (nSPS) is 29.6. The minimum Gasteiger partial charge on any atom is -0.377 e. The SMILES string of the molecule is C=CCOC[C@H]1CC[C@@](CCCC(CCCC)C2CCCCC2)(C2CCCCC2)CC1. The molecule has 0 N–H and O–H groups in total. The monoisotopic (exact) mass is 430 g/mol. The Bertz CT molecular complexity index is 463. The fraction of sp³-hybridized carbons (Fsp3) is 0.933. The largest absolute Gasteiger partial charge is 0.377 e. The topological polar surface area (TPSA) is 9.23 Å². The van der Waals surface area contributed by atoms with E-state index in [-0.39, 0.29) is 0 Å². The van der Waals surface area contributed by atoms with Crippen molar-refractivity contribution in [3.8, 4) is 0 Å². The Labute approximate surface area is 195 Å². The van der Waals surface area contributed by atoms with E-state index in [0.29, 0.717) is 5.41 Å². The van der Waals surface area contributed by atoms with Gasteiger partial charge in [0.05, 0.1) is 6.61 Å². The van der Waals surface area contributed by atoms with E-state index in [9.17, 15) is 0 Å². The van der Waals surface area contributed by atoms with Gasteiger partial charge in [0.1, 0.15) is 0 Å². The molecule has 0 heterocycles. The van der Waals surface area contributed by atoms with Crippen LogP contribution < -0.4 is 0 Å². The van der Waals surface area contributed by atoms with Gasteiger partial charge in [-0.2, -0.15) is 0 Å². The first-order valence-corrected chi connectivity index (χ1v) is 14.5. The lowest BCUT2D eigenvalue weighted by molar-refractivity contribution is 0.0127. The summed E-state index contributed by atoms with van der Waals surface area (Å²) in [6.45, 7) is 7.88. The molecule has 0 aromatic carbocycles. The third-order valence-electron chi connectivity index (χ3n) is 9.66. The van der Waals surface area contributed by atoms with E-state index < -0.39 is 0 Å². The van der Waals surface area contributed by atoms with Crippen LogP contribution in [0.25, 0.3) is 0 Å². The standard InChI is InChI=1S/C30H54O/c1-3-5-13-27(28-14-8-6-9-15-28)16-12-21-30(29-17-10-7-11-18-29)22-19-26(20-23-30)25-31-24-4-2/h4,26-29H,2-3,5-25H2,1H3/t26-,27?,30+. The first-order valence-electron chi connectivity index (χ1n) is 14.5. The Hall–Kier alpha value is -0.300. The van der Waals surface area contributed by atoms with Crippen molar-refractivity contribution in [1.29, 1.82) is 0 Å². The van der Waals surface area contributed by atoms with Gasteiger partial charge in [0.2, 0.25) is 0 Å². The van der Waals surface area contributed by atoms with Gasteiger partial charge in [0.25, 0.3) is 0 Å². The van der Waals surface area contributed by atoms with Gasteiger partial charge in [0, 0.05) is 6.61 Å². The Morgan fingerprint density at radius 1 is 0.871 bits per heavy atom. The molecule has 3 aliphatic rings. The fourth-order valence-electron chi connectivity index (χ4n) is 7.72. The summed E-state index contributed by atoms with van der Waals surface area (Å²) in [5.74, 6) is 3.92. The number of hydrogen-bond donors (Lipinski definition) is 0. The number of hydrogen-bond acceptors (Lipinski definition) is 1. The van der Waals surface area contributed by atoms with Crippen molar-refractivity contribution in [2.45, 2.75) is 135 Å². The van der Waals surface area contributed by atoms with Crippen LogP contribution in [-0.4, -0.2) is 13.2 Å². The third kappa shape index (κ3) is 7.90. The number of rotatable bonds is 13. The van der Waals surface area contributed by atoms with Crippen LogP contribution in [0.2, 0.25) is 0 Å². The Morgan fingerprint density at radius 3 is 2.16 bits per heavy atom. The molecule has 0 aromatic heterocycles. The maximum absolute atomic E-state index is 5.84. The van der Waals surface area contributed by atoms with Gasteiger partial charge in [0.15, 0.2) is 0 Å². The molecule has 0 bridgehead atoms. The van der Waals surface area contributed by atoms with Gasteiger partial charge in [-0.25, -0.2) is 0 Å². The Morgan fingerprint density at radius 2 is 1.52 bits per heavy atom. The zero-order valence-corrected chi connectivity index (χ0v) is 21.1. The van der Waals surface area contributed by atoms with E-state index in [2.05, 4.69) is 13.5 Å². The molecule has 0 spiro atoms. The zero-order valence-electron chi connectivity index (χ0n) is 21.1. The van der Waals surface area contributed by atoms with Crippen molar-refractivity contribution in [3.05, 3.63) is 12.7 Å². The highest BCUT2D eigenvalue weighted by Crippen LogP contribution is 2.53. The summed E-state index contributed by atoms with van der Waals surface area (Å²) >= 11 is 0. The van der Waals surface area contributed by atoms with Crippen LogP contribution in [0.3, 0.4) is 0 Å². The summed E-state index contributed by atoms with van der Waals surface area (Å²) in [4.78, 5) is 0. The summed E-state index contributed by atoms with van der Waals surface area (Å²) in [6.07, 6.45) is 31.8. The summed E-state index contributed by atoms with van der Waals surface area (Å²) in [5.41, 5.74) is 0.678. The number of ether oxygens (including phenoxy) is 1. The van der Waals surface area contributed by atoms with E-state index in [4.69, 9.17) is 4.74 Å². The highest BCUT2D eigenvalue weighted by atomic mass is 16.5. The average Bonchev–Trinajstić information content (AvgIpc) is 2.83. The van der Waals surface area contributed by atoms with Crippen molar-refractivity contribution in [3.63, 3.8) is 0 Å². The molecule has 1 atom stereocenters. The predicted octanol–water partition coefficient (Wildman–Crippen LogP) is 9.50. The second kappa shape index (κ2) is 14.1. The van der Waals surface area contributed by atoms with Gasteiger partial charge >= 0.3 is 0 Å². The minimum absolute atomic E-state index is 0.678. The molecule has 3 rings (SSSR count). The quantitative estimate of drug-likeness (QED) is 0.209. The van der Waals surface area contributed by atoms with Crippen LogP contribution in [0.4, 0.5) is 0 Å². The van der Waals surface area contributed by atoms with Gasteiger partial charge in [-0.3, -0.25) is 0 Å². The van der Waals surface area contributed by atoms with Crippen LogP contribution in [-0.2, 0) is 4.74 Å². The maximum atomic E-state index is 5.84. The lowest BCUT2D eigenvalue weighted by Gasteiger charge is -2.48. The van der Waals surface area contributed by atoms with E-state index >= 15 is 0 Å². The Balaban J connectivity index is 1.54. The molecule has 0 saturated heterocycles. The summed E-state index contributed by atoms with van der Waals surface area (Å²) in [6, 6.07) is 0. The predicted molar refractivity (Wildman–Crippen MR) is 135 cm³/mol. The second-order valence-electron chi connectivity index (χ2n) is 11.7. The van der Waals surface area contributed by atoms with Crippen LogP contribution in [0.15, 0.2) is 12.7 Å². The molecule has 1 unspecified atom stereocenters. The zero-order chi connectivity index (χ0) is 21.8. The molecule has 0 aliphatic heterocycles. The van der Waals surface area contributed by atoms with Crippen LogP contribution in [0.5, 0.6) is 0 Å². The van der Waals surface area contributed by atoms with Crippen molar-refractivity contribution in [2.75, 3.05) is 13.2 Å². The smallest absolute Gasteiger partial charge is 0.0644 e. The van der Waals surface area contributed by atoms with Gasteiger partial charge in [-0.15, -0.1) is 6.58 Å². The van der Waals surface area contributed by atoms with Crippen LogP contribution in [0, 0.1) is 29.1 Å². The molecular weight excluding hydrogens is 376 g/mol. The fourth-order valence-corrected chi connectivity index (χ4v) is 7.72. The van der Waals surface area contributed by atoms with E-state index in [1.165, 1.54) is 128 Å². The van der Waals surface area contributed by atoms with Crippen molar-refractivity contribution < 1.29 is 4.74 Å². The molecule has 3 saturated carbocycles. The second-order valence-corrected chi connectivity index (χ2v) is 11.7. The molecule has 0 radical (unpaired) electrons. The molecule has 31 heavy (non-hydrogen) atoms. The number of unbranched alkanes of at least 4 members (excludes halogenated alkanes) is 1. The van der Waals surface area contributed by atoms with Gasteiger partial charge < -0.3 is 4.74 Å². The first kappa shape index (κ1) is 25.3. The molecule has 3 fully saturated rings. The lowest BCUT2D eigenvalue weighted by Crippen LogP contribution is -2.37. The summed E-state index contributed by atoms with van der Waals surface area (Å²) in [5, 5.41) is 0. The molecule has 180 valence electrons. The van der Waals surface area contributed by atoms with E-state index in [1.807, 2.05) is 6.08 Å². The molecule has 0 amide bonds. The lowest BCUT2D eigenvalue weighted by atomic mass is 9.58. The van der Waals surface area contributed by atoms with Crippen molar-refractivity contribution >= 4 is 0 Å². The summed E-state index contributed by atoms with van der Waals surface area (Å²) < 4.78 is 5.84. The van der Waals surface area contributed by atoms with Crippen molar-refractivity contribution in [2.24, 2.45) is 29.1 Å². The van der Waals surface area contributed by atoms with Crippen LogP contribution >= 0.6 is 0 Å². The highest BCUT2D eigenvalue weighted by molar-refractivity contribution is 4.92. The van der Waals surface area contributed by atoms with Gasteiger partial charge in [-0.1, -0.05) is 96.5 Å². The maximum Gasteiger partial charge on any atom is 0.0644 e. The molecule has 0 aromatic rings. The third-order valence-corrected chi connectivity index (χ3v) is 9.66. The first-order chi connectivity index (χ1) is 15.3. The average molecular weight is 431 g/mol. The Kier molecular flexibility index (Phi) is 11.5. The molecular formula is C30H54O. The van der Waals surface area contributed by atoms with Gasteiger partial charge in [-0.05, 0) is 74.0 Å². The van der Waals surface area contributed by atoms with Crippen LogP contribution in [0.1, 0.15) is 135 Å². The summed E-state index contributed by atoms with van der Waals surface area (Å²) in [7, 11) is 0. The van der Waals surface area contributed by atoms with E-state index in [1.54, 1.807) is 0 Å². The molecule has 3 aliphatic carbocycles. The van der Waals surface area contributed by atoms with Crippen molar-refractivity contribution in [1.82, 2.24) is 0 Å². The minimum atomic E-state index is 0.678.